The van der Waals surface area contributed by atoms with Gasteiger partial charge in [0.2, 0.25) is 0 Å². The summed E-state index contributed by atoms with van der Waals surface area (Å²) in [6.07, 6.45) is 1.59. The predicted molar refractivity (Wildman–Crippen MR) is 48.6 cm³/mol. The predicted octanol–water partition coefficient (Wildman–Crippen LogP) is 2.53. The van der Waals surface area contributed by atoms with E-state index in [0.717, 1.165) is 11.1 Å². The Hall–Kier alpha value is -1.70. The molecule has 2 rings (SSSR count). The Kier molecular flexibility index (Phi) is 1.59. The smallest absolute Gasteiger partial charge is 0.197 e. The molecule has 0 fully saturated rings. The van der Waals surface area contributed by atoms with E-state index in [4.69, 9.17) is 10.2 Å². The molecule has 2 N–H and O–H groups in total. The third-order valence-corrected chi connectivity index (χ3v) is 1.78. The molecule has 0 atom stereocenters. The van der Waals surface area contributed by atoms with E-state index in [9.17, 15) is 0 Å². The number of benzene rings is 1. The molecule has 60 valence electrons. The van der Waals surface area contributed by atoms with Crippen molar-refractivity contribution in [3.8, 4) is 11.1 Å². The van der Waals surface area contributed by atoms with Crippen molar-refractivity contribution in [3.05, 3.63) is 42.7 Å². The molecule has 1 aromatic carbocycles. The van der Waals surface area contributed by atoms with Gasteiger partial charge < -0.3 is 10.2 Å². The van der Waals surface area contributed by atoms with Gasteiger partial charge in [0.25, 0.3) is 0 Å². The Morgan fingerprint density at radius 3 is 2.33 bits per heavy atom. The van der Waals surface area contributed by atoms with Crippen LogP contribution in [0.2, 0.25) is 0 Å². The Morgan fingerprint density at radius 2 is 1.75 bits per heavy atom. The second-order valence-corrected chi connectivity index (χ2v) is 2.56. The minimum Gasteiger partial charge on any atom is -0.449 e. The van der Waals surface area contributed by atoms with Crippen LogP contribution in [0.1, 0.15) is 0 Å². The molecule has 0 aliphatic heterocycles. The summed E-state index contributed by atoms with van der Waals surface area (Å²) in [7, 11) is 0. The number of furan rings is 1. The lowest BCUT2D eigenvalue weighted by atomic mass is 10.1. The number of anilines is 1. The number of nitrogens with two attached hydrogens (primary N) is 1. The maximum absolute atomic E-state index is 5.61. The highest BCUT2D eigenvalue weighted by atomic mass is 16.3. The highest BCUT2D eigenvalue weighted by Crippen LogP contribution is 2.25. The Bertz CT molecular complexity index is 364. The van der Waals surface area contributed by atoms with E-state index in [1.54, 1.807) is 6.26 Å². The van der Waals surface area contributed by atoms with Gasteiger partial charge in [-0.3, -0.25) is 0 Å². The fourth-order valence-electron chi connectivity index (χ4n) is 1.18. The SMILES string of the molecule is Nc1occc1-c1ccccc1. The molecule has 0 bridgehead atoms. The normalized spacial score (nSPS) is 10.0. The fraction of sp³-hybridized carbons (Fsp3) is 0. The van der Waals surface area contributed by atoms with Gasteiger partial charge >= 0.3 is 0 Å². The third-order valence-electron chi connectivity index (χ3n) is 1.78. The maximum Gasteiger partial charge on any atom is 0.197 e. The Balaban J connectivity index is 2.51. The molecule has 12 heavy (non-hydrogen) atoms. The van der Waals surface area contributed by atoms with Gasteiger partial charge in [-0.05, 0) is 11.6 Å². The van der Waals surface area contributed by atoms with E-state index in [-0.39, 0.29) is 0 Å². The van der Waals surface area contributed by atoms with Crippen molar-refractivity contribution >= 4 is 5.88 Å². The van der Waals surface area contributed by atoms with Gasteiger partial charge in [0, 0.05) is 5.56 Å². The average Bonchev–Trinajstić information content (AvgIpc) is 2.53. The summed E-state index contributed by atoms with van der Waals surface area (Å²) >= 11 is 0. The molecule has 0 aliphatic carbocycles. The molecule has 2 aromatic rings. The standard InChI is InChI=1S/C10H9NO/c11-10-9(6-7-12-10)8-4-2-1-3-5-8/h1-7H,11H2. The van der Waals surface area contributed by atoms with Crippen molar-refractivity contribution in [3.63, 3.8) is 0 Å². The van der Waals surface area contributed by atoms with Crippen LogP contribution in [0.5, 0.6) is 0 Å². The maximum atomic E-state index is 5.61. The lowest BCUT2D eigenvalue weighted by Gasteiger charge is -1.96. The largest absolute Gasteiger partial charge is 0.449 e. The summed E-state index contributed by atoms with van der Waals surface area (Å²) in [6, 6.07) is 11.8. The van der Waals surface area contributed by atoms with Crippen LogP contribution in [0.25, 0.3) is 11.1 Å². The van der Waals surface area contributed by atoms with Gasteiger partial charge in [0.1, 0.15) is 0 Å². The number of rotatable bonds is 1. The zero-order valence-electron chi connectivity index (χ0n) is 6.53. The van der Waals surface area contributed by atoms with E-state index in [1.807, 2.05) is 36.4 Å². The zero-order chi connectivity index (χ0) is 8.39. The summed E-state index contributed by atoms with van der Waals surface area (Å²) in [4.78, 5) is 0. The molecule has 1 aromatic heterocycles. The first-order valence-corrected chi connectivity index (χ1v) is 3.76. The first-order valence-electron chi connectivity index (χ1n) is 3.76. The second kappa shape index (κ2) is 2.74. The van der Waals surface area contributed by atoms with Crippen molar-refractivity contribution in [1.29, 1.82) is 0 Å². The van der Waals surface area contributed by atoms with Crippen molar-refractivity contribution in [2.45, 2.75) is 0 Å². The van der Waals surface area contributed by atoms with Gasteiger partial charge in [-0.25, -0.2) is 0 Å². The molecule has 0 saturated carbocycles. The minimum atomic E-state index is 0.473. The van der Waals surface area contributed by atoms with E-state index in [0.29, 0.717) is 5.88 Å². The first-order chi connectivity index (χ1) is 5.88. The van der Waals surface area contributed by atoms with Gasteiger partial charge in [0.05, 0.1) is 6.26 Å². The molecule has 0 aliphatic rings. The molecule has 0 unspecified atom stereocenters. The van der Waals surface area contributed by atoms with Crippen LogP contribution in [-0.4, -0.2) is 0 Å². The van der Waals surface area contributed by atoms with Crippen LogP contribution in [0.4, 0.5) is 5.88 Å². The summed E-state index contributed by atoms with van der Waals surface area (Å²) < 4.78 is 5.00. The van der Waals surface area contributed by atoms with Gasteiger partial charge in [-0.1, -0.05) is 30.3 Å². The van der Waals surface area contributed by atoms with Crippen molar-refractivity contribution in [1.82, 2.24) is 0 Å². The van der Waals surface area contributed by atoms with Crippen LogP contribution >= 0.6 is 0 Å². The molecule has 2 heteroatoms. The molecule has 1 heterocycles. The third kappa shape index (κ3) is 1.07. The highest BCUT2D eigenvalue weighted by molar-refractivity contribution is 5.72. The lowest BCUT2D eigenvalue weighted by Crippen LogP contribution is -1.83. The van der Waals surface area contributed by atoms with Crippen molar-refractivity contribution < 1.29 is 4.42 Å². The monoisotopic (exact) mass is 159 g/mol. The van der Waals surface area contributed by atoms with Crippen molar-refractivity contribution in [2.24, 2.45) is 0 Å². The molecule has 0 amide bonds. The van der Waals surface area contributed by atoms with E-state index in [2.05, 4.69) is 0 Å². The van der Waals surface area contributed by atoms with Crippen molar-refractivity contribution in [2.75, 3.05) is 5.73 Å². The van der Waals surface area contributed by atoms with Crippen LogP contribution in [-0.2, 0) is 0 Å². The average molecular weight is 159 g/mol. The zero-order valence-corrected chi connectivity index (χ0v) is 6.53. The quantitative estimate of drug-likeness (QED) is 0.694. The first kappa shape index (κ1) is 6.98. The lowest BCUT2D eigenvalue weighted by molar-refractivity contribution is 0.588. The molecule has 0 radical (unpaired) electrons. The topological polar surface area (TPSA) is 39.2 Å². The van der Waals surface area contributed by atoms with Crippen LogP contribution in [0, 0.1) is 0 Å². The number of nitrogen functional groups attached to an aromatic ring is 1. The summed E-state index contributed by atoms with van der Waals surface area (Å²) in [5, 5.41) is 0. The number of hydrogen-bond donors (Lipinski definition) is 1. The van der Waals surface area contributed by atoms with Crippen LogP contribution < -0.4 is 5.73 Å². The van der Waals surface area contributed by atoms with Gasteiger partial charge in [-0.15, -0.1) is 0 Å². The molecule has 2 nitrogen and oxygen atoms in total. The molecule has 0 spiro atoms. The second-order valence-electron chi connectivity index (χ2n) is 2.56. The van der Waals surface area contributed by atoms with Gasteiger partial charge in [-0.2, -0.15) is 0 Å². The van der Waals surface area contributed by atoms with E-state index >= 15 is 0 Å². The summed E-state index contributed by atoms with van der Waals surface area (Å²) in [5.74, 6) is 0.473. The van der Waals surface area contributed by atoms with E-state index in [1.165, 1.54) is 0 Å². The molecular weight excluding hydrogens is 150 g/mol. The number of hydrogen-bond acceptors (Lipinski definition) is 2. The highest BCUT2D eigenvalue weighted by Gasteiger charge is 2.02. The summed E-state index contributed by atoms with van der Waals surface area (Å²) in [6.45, 7) is 0. The minimum absolute atomic E-state index is 0.473. The molecular formula is C10H9NO. The van der Waals surface area contributed by atoms with E-state index < -0.39 is 0 Å². The fourth-order valence-corrected chi connectivity index (χ4v) is 1.18. The Morgan fingerprint density at radius 1 is 1.00 bits per heavy atom. The van der Waals surface area contributed by atoms with Crippen LogP contribution in [0.15, 0.2) is 47.1 Å². The van der Waals surface area contributed by atoms with Crippen LogP contribution in [0.3, 0.4) is 0 Å². The van der Waals surface area contributed by atoms with Gasteiger partial charge in [0.15, 0.2) is 5.88 Å². The Labute approximate surface area is 70.6 Å². The summed E-state index contributed by atoms with van der Waals surface area (Å²) in [5.41, 5.74) is 7.65. The molecule has 0 saturated heterocycles.